The molecular formula is C13H23NO4. The maximum atomic E-state index is 12.2. The topological polar surface area (TPSA) is 66.8 Å². The number of nitrogens with zero attached hydrogens (tertiary/aromatic N) is 1. The average Bonchev–Trinajstić information content (AvgIpc) is 2.18. The van der Waals surface area contributed by atoms with E-state index < -0.39 is 11.4 Å². The van der Waals surface area contributed by atoms with E-state index >= 15 is 0 Å². The number of rotatable bonds is 4. The monoisotopic (exact) mass is 257 g/mol. The zero-order valence-corrected chi connectivity index (χ0v) is 11.6. The van der Waals surface area contributed by atoms with Gasteiger partial charge in [0.15, 0.2) is 0 Å². The van der Waals surface area contributed by atoms with Crippen LogP contribution in [0, 0.1) is 5.41 Å². The molecule has 0 saturated carbocycles. The van der Waals surface area contributed by atoms with E-state index in [0.717, 1.165) is 0 Å². The quantitative estimate of drug-likeness (QED) is 0.829. The van der Waals surface area contributed by atoms with Gasteiger partial charge in [0.25, 0.3) is 0 Å². The van der Waals surface area contributed by atoms with Crippen molar-refractivity contribution in [3.63, 3.8) is 0 Å². The Balaban J connectivity index is 2.61. The molecule has 0 aromatic heterocycles. The van der Waals surface area contributed by atoms with E-state index in [1.807, 2.05) is 27.7 Å². The molecule has 2 atom stereocenters. The molecule has 104 valence electrons. The second kappa shape index (κ2) is 5.69. The van der Waals surface area contributed by atoms with Crippen molar-refractivity contribution in [2.24, 2.45) is 5.41 Å². The highest BCUT2D eigenvalue weighted by molar-refractivity contribution is 5.78. The van der Waals surface area contributed by atoms with Crippen LogP contribution >= 0.6 is 0 Å². The number of carbonyl (C=O) groups is 2. The zero-order valence-electron chi connectivity index (χ0n) is 11.6. The fourth-order valence-electron chi connectivity index (χ4n) is 2.23. The summed E-state index contributed by atoms with van der Waals surface area (Å²) in [6, 6.07) is 0.0642. The van der Waals surface area contributed by atoms with Gasteiger partial charge in [-0.3, -0.25) is 9.59 Å². The highest BCUT2D eigenvalue weighted by Crippen LogP contribution is 2.27. The predicted octanol–water partition coefficient (Wildman–Crippen LogP) is 1.51. The van der Waals surface area contributed by atoms with Gasteiger partial charge in [0.1, 0.15) is 0 Å². The van der Waals surface area contributed by atoms with Crippen molar-refractivity contribution in [3.05, 3.63) is 0 Å². The van der Waals surface area contributed by atoms with E-state index in [1.54, 1.807) is 4.90 Å². The molecule has 0 bridgehead atoms. The number of amides is 1. The number of carboxylic acid groups (broad SMARTS) is 1. The molecule has 5 heteroatoms. The third kappa shape index (κ3) is 4.29. The number of aliphatic carboxylic acids is 1. The van der Waals surface area contributed by atoms with Gasteiger partial charge < -0.3 is 14.7 Å². The Kier molecular flexibility index (Phi) is 4.73. The van der Waals surface area contributed by atoms with E-state index in [2.05, 4.69) is 0 Å². The Morgan fingerprint density at radius 2 is 1.94 bits per heavy atom. The first kappa shape index (κ1) is 15.0. The molecule has 1 amide bonds. The van der Waals surface area contributed by atoms with Gasteiger partial charge >= 0.3 is 5.97 Å². The van der Waals surface area contributed by atoms with Crippen LogP contribution in [0.5, 0.6) is 0 Å². The second-order valence-electron chi connectivity index (χ2n) is 5.95. The molecule has 1 aliphatic rings. The van der Waals surface area contributed by atoms with E-state index in [-0.39, 0.29) is 30.9 Å². The molecule has 0 aromatic rings. The summed E-state index contributed by atoms with van der Waals surface area (Å²) in [7, 11) is 0. The molecule has 0 aliphatic carbocycles. The fraction of sp³-hybridized carbons (Fsp3) is 0.846. The molecule has 1 N–H and O–H groups in total. The van der Waals surface area contributed by atoms with E-state index in [9.17, 15) is 9.59 Å². The first-order chi connectivity index (χ1) is 8.21. The van der Waals surface area contributed by atoms with Crippen LogP contribution < -0.4 is 0 Å². The molecule has 0 aromatic carbocycles. The lowest BCUT2D eigenvalue weighted by atomic mass is 9.85. The molecule has 1 saturated heterocycles. The molecule has 1 fully saturated rings. The Morgan fingerprint density at radius 3 is 2.50 bits per heavy atom. The highest BCUT2D eigenvalue weighted by Gasteiger charge is 2.32. The third-order valence-electron chi connectivity index (χ3n) is 3.19. The maximum Gasteiger partial charge on any atom is 0.303 e. The SMILES string of the molecule is C[C@@H]1CN(C(=O)CC(C)(C)CC(=O)O)[C@H](C)CO1. The van der Waals surface area contributed by atoms with Gasteiger partial charge in [0, 0.05) is 13.0 Å². The Morgan fingerprint density at radius 1 is 1.33 bits per heavy atom. The van der Waals surface area contributed by atoms with Crippen molar-refractivity contribution in [2.45, 2.75) is 52.7 Å². The van der Waals surface area contributed by atoms with Gasteiger partial charge in [-0.05, 0) is 19.3 Å². The summed E-state index contributed by atoms with van der Waals surface area (Å²) in [6.07, 6.45) is 0.316. The molecule has 1 heterocycles. The van der Waals surface area contributed by atoms with E-state index in [0.29, 0.717) is 13.2 Å². The molecule has 1 rings (SSSR count). The van der Waals surface area contributed by atoms with Gasteiger partial charge in [-0.2, -0.15) is 0 Å². The van der Waals surface area contributed by atoms with Crippen LogP contribution in [-0.2, 0) is 14.3 Å². The van der Waals surface area contributed by atoms with Gasteiger partial charge in [-0.15, -0.1) is 0 Å². The van der Waals surface area contributed by atoms with E-state index in [1.165, 1.54) is 0 Å². The van der Waals surface area contributed by atoms with Crippen LogP contribution in [0.3, 0.4) is 0 Å². The Labute approximate surface area is 108 Å². The molecule has 0 unspecified atom stereocenters. The van der Waals surface area contributed by atoms with Gasteiger partial charge in [-0.25, -0.2) is 0 Å². The summed E-state index contributed by atoms with van der Waals surface area (Å²) >= 11 is 0. The van der Waals surface area contributed by atoms with Crippen molar-refractivity contribution < 1.29 is 19.4 Å². The van der Waals surface area contributed by atoms with Crippen LogP contribution in [0.25, 0.3) is 0 Å². The zero-order chi connectivity index (χ0) is 13.9. The molecule has 1 aliphatic heterocycles. The molecule has 18 heavy (non-hydrogen) atoms. The summed E-state index contributed by atoms with van der Waals surface area (Å²) in [6.45, 7) is 8.65. The van der Waals surface area contributed by atoms with Crippen LogP contribution in [0.15, 0.2) is 0 Å². The standard InChI is InChI=1S/C13H23NO4/c1-9-8-18-10(2)7-14(9)11(15)5-13(3,4)6-12(16)17/h9-10H,5-8H2,1-4H3,(H,16,17)/t9-,10-/m1/s1. The smallest absolute Gasteiger partial charge is 0.303 e. The largest absolute Gasteiger partial charge is 0.481 e. The lowest BCUT2D eigenvalue weighted by Gasteiger charge is -2.38. The van der Waals surface area contributed by atoms with Crippen molar-refractivity contribution in [3.8, 4) is 0 Å². The Bertz CT molecular complexity index is 327. The molecule has 0 spiro atoms. The third-order valence-corrected chi connectivity index (χ3v) is 3.19. The van der Waals surface area contributed by atoms with Crippen molar-refractivity contribution in [2.75, 3.05) is 13.2 Å². The normalized spacial score (nSPS) is 25.0. The number of carbonyl (C=O) groups excluding carboxylic acids is 1. The van der Waals surface area contributed by atoms with E-state index in [4.69, 9.17) is 9.84 Å². The fourth-order valence-corrected chi connectivity index (χ4v) is 2.23. The molecule has 0 radical (unpaired) electrons. The summed E-state index contributed by atoms with van der Waals surface area (Å²) in [4.78, 5) is 24.8. The summed E-state index contributed by atoms with van der Waals surface area (Å²) in [5, 5.41) is 8.82. The maximum absolute atomic E-state index is 12.2. The molecule has 5 nitrogen and oxygen atoms in total. The number of hydrogen-bond donors (Lipinski definition) is 1. The average molecular weight is 257 g/mol. The first-order valence-electron chi connectivity index (χ1n) is 6.34. The van der Waals surface area contributed by atoms with Gasteiger partial charge in [0.2, 0.25) is 5.91 Å². The van der Waals surface area contributed by atoms with Crippen molar-refractivity contribution in [1.82, 2.24) is 4.90 Å². The van der Waals surface area contributed by atoms with Crippen LogP contribution in [0.2, 0.25) is 0 Å². The van der Waals surface area contributed by atoms with Crippen LogP contribution in [-0.4, -0.2) is 47.2 Å². The lowest BCUT2D eigenvalue weighted by Crippen LogP contribution is -2.51. The van der Waals surface area contributed by atoms with Gasteiger partial charge in [0.05, 0.1) is 25.2 Å². The summed E-state index contributed by atoms with van der Waals surface area (Å²) in [5.74, 6) is -0.847. The number of carboxylic acids is 1. The number of hydrogen-bond acceptors (Lipinski definition) is 3. The van der Waals surface area contributed by atoms with Crippen molar-refractivity contribution >= 4 is 11.9 Å². The van der Waals surface area contributed by atoms with Gasteiger partial charge in [-0.1, -0.05) is 13.8 Å². The number of ether oxygens (including phenoxy) is 1. The summed E-state index contributed by atoms with van der Waals surface area (Å²) < 4.78 is 5.48. The number of morpholine rings is 1. The van der Waals surface area contributed by atoms with Crippen LogP contribution in [0.1, 0.15) is 40.5 Å². The minimum atomic E-state index is -0.865. The predicted molar refractivity (Wildman–Crippen MR) is 67.2 cm³/mol. The summed E-state index contributed by atoms with van der Waals surface area (Å²) in [5.41, 5.74) is -0.510. The first-order valence-corrected chi connectivity index (χ1v) is 6.34. The minimum absolute atomic E-state index is 0.00696. The van der Waals surface area contributed by atoms with Crippen LogP contribution in [0.4, 0.5) is 0 Å². The Hall–Kier alpha value is -1.10. The highest BCUT2D eigenvalue weighted by atomic mass is 16.5. The van der Waals surface area contributed by atoms with Crippen molar-refractivity contribution in [1.29, 1.82) is 0 Å². The second-order valence-corrected chi connectivity index (χ2v) is 5.95. The minimum Gasteiger partial charge on any atom is -0.481 e. The lowest BCUT2D eigenvalue weighted by molar-refractivity contribution is -0.146. The molecular weight excluding hydrogens is 234 g/mol.